The smallest absolute Gasteiger partial charge is 0.257 e. The van der Waals surface area contributed by atoms with Crippen LogP contribution in [-0.2, 0) is 0 Å². The maximum atomic E-state index is 13.0. The Hall–Kier alpha value is -2.28. The van der Waals surface area contributed by atoms with E-state index in [0.717, 1.165) is 36.6 Å². The molecule has 1 aliphatic rings. The van der Waals surface area contributed by atoms with Crippen LogP contribution < -0.4 is 5.73 Å². The first-order valence-corrected chi connectivity index (χ1v) is 8.80. The molecule has 2 aromatic rings. The molecule has 2 N–H and O–H groups in total. The van der Waals surface area contributed by atoms with Crippen molar-refractivity contribution in [3.8, 4) is 5.95 Å². The van der Waals surface area contributed by atoms with Crippen molar-refractivity contribution in [1.29, 1.82) is 0 Å². The lowest BCUT2D eigenvalue weighted by molar-refractivity contribution is 0.0786. The van der Waals surface area contributed by atoms with Gasteiger partial charge in [-0.2, -0.15) is 5.10 Å². The predicted molar refractivity (Wildman–Crippen MR) is 95.8 cm³/mol. The lowest BCUT2D eigenvalue weighted by Crippen LogP contribution is -2.30. The summed E-state index contributed by atoms with van der Waals surface area (Å²) in [6.45, 7) is 10.0. The van der Waals surface area contributed by atoms with E-state index in [0.29, 0.717) is 24.0 Å². The Morgan fingerprint density at radius 2 is 2.00 bits per heavy atom. The van der Waals surface area contributed by atoms with Crippen LogP contribution in [0.1, 0.15) is 53.6 Å². The van der Waals surface area contributed by atoms with Gasteiger partial charge in [-0.1, -0.05) is 13.8 Å². The normalized spacial score (nSPS) is 17.5. The highest BCUT2D eigenvalue weighted by Crippen LogP contribution is 2.24. The Bertz CT molecular complexity index is 762. The number of likely N-dealkylation sites (tertiary alicyclic amines) is 1. The molecule has 1 fully saturated rings. The van der Waals surface area contributed by atoms with Crippen LogP contribution in [0, 0.1) is 19.8 Å². The fourth-order valence-corrected chi connectivity index (χ4v) is 3.27. The summed E-state index contributed by atoms with van der Waals surface area (Å²) in [6.07, 6.45) is 2.73. The second kappa shape index (κ2) is 6.92. The van der Waals surface area contributed by atoms with Gasteiger partial charge in [-0.15, -0.1) is 0 Å². The average molecular weight is 342 g/mol. The van der Waals surface area contributed by atoms with Crippen molar-refractivity contribution < 1.29 is 4.79 Å². The number of nitrogens with zero attached hydrogens (tertiary/aromatic N) is 5. The topological polar surface area (TPSA) is 89.9 Å². The highest BCUT2D eigenvalue weighted by Gasteiger charge is 2.29. The molecule has 1 atom stereocenters. The van der Waals surface area contributed by atoms with Gasteiger partial charge >= 0.3 is 0 Å². The summed E-state index contributed by atoms with van der Waals surface area (Å²) in [5.74, 6) is 1.05. The van der Waals surface area contributed by atoms with E-state index >= 15 is 0 Å². The molecule has 0 radical (unpaired) electrons. The number of hydrogen-bond acceptors (Lipinski definition) is 5. The SMILES string of the molecule is Cc1cc(C)nc(-n2cc(C(=O)N3CC[C@H](CN)C3)c(C(C)C)n2)n1. The summed E-state index contributed by atoms with van der Waals surface area (Å²) in [6, 6.07) is 1.92. The Morgan fingerprint density at radius 3 is 2.56 bits per heavy atom. The third-order valence-electron chi connectivity index (χ3n) is 4.60. The van der Waals surface area contributed by atoms with E-state index in [9.17, 15) is 4.79 Å². The van der Waals surface area contributed by atoms with Gasteiger partial charge in [-0.05, 0) is 44.7 Å². The standard InChI is InChI=1S/C18H26N6O/c1-11(2)16-15(17(25)23-6-5-14(8-19)9-23)10-24(22-16)18-20-12(3)7-13(4)21-18/h7,10-11,14H,5-6,8-9,19H2,1-4H3/t14-/m1/s1. The van der Waals surface area contributed by atoms with E-state index in [4.69, 9.17) is 5.73 Å². The molecule has 7 heteroatoms. The maximum Gasteiger partial charge on any atom is 0.257 e. The van der Waals surface area contributed by atoms with Gasteiger partial charge < -0.3 is 10.6 Å². The summed E-state index contributed by atoms with van der Waals surface area (Å²) >= 11 is 0. The quantitative estimate of drug-likeness (QED) is 0.915. The fourth-order valence-electron chi connectivity index (χ4n) is 3.27. The zero-order valence-electron chi connectivity index (χ0n) is 15.4. The molecule has 25 heavy (non-hydrogen) atoms. The Labute approximate surface area is 148 Å². The highest BCUT2D eigenvalue weighted by molar-refractivity contribution is 5.95. The van der Waals surface area contributed by atoms with Crippen molar-refractivity contribution in [3.05, 3.63) is 34.9 Å². The van der Waals surface area contributed by atoms with Crippen LogP contribution >= 0.6 is 0 Å². The van der Waals surface area contributed by atoms with Gasteiger partial charge in [0, 0.05) is 30.7 Å². The van der Waals surface area contributed by atoms with Gasteiger partial charge in [0.25, 0.3) is 11.9 Å². The molecule has 0 unspecified atom stereocenters. The van der Waals surface area contributed by atoms with Crippen molar-refractivity contribution in [2.45, 2.75) is 40.0 Å². The Kier molecular flexibility index (Phi) is 4.85. The molecule has 0 bridgehead atoms. The zero-order valence-corrected chi connectivity index (χ0v) is 15.4. The fraction of sp³-hybridized carbons (Fsp3) is 0.556. The van der Waals surface area contributed by atoms with Gasteiger partial charge in [0.1, 0.15) is 0 Å². The lowest BCUT2D eigenvalue weighted by atomic mass is 10.1. The van der Waals surface area contributed by atoms with Crippen molar-refractivity contribution in [2.75, 3.05) is 19.6 Å². The van der Waals surface area contributed by atoms with Crippen LogP contribution in [0.25, 0.3) is 5.95 Å². The summed E-state index contributed by atoms with van der Waals surface area (Å²) < 4.78 is 1.62. The minimum absolute atomic E-state index is 0.0234. The van der Waals surface area contributed by atoms with Gasteiger partial charge in [-0.3, -0.25) is 4.79 Å². The molecule has 1 saturated heterocycles. The van der Waals surface area contributed by atoms with Crippen LogP contribution in [0.15, 0.2) is 12.3 Å². The third-order valence-corrected chi connectivity index (χ3v) is 4.60. The summed E-state index contributed by atoms with van der Waals surface area (Å²) in [7, 11) is 0. The maximum absolute atomic E-state index is 13.0. The number of aromatic nitrogens is 4. The minimum Gasteiger partial charge on any atom is -0.338 e. The van der Waals surface area contributed by atoms with E-state index in [2.05, 4.69) is 15.1 Å². The number of aryl methyl sites for hydroxylation is 2. The number of hydrogen-bond donors (Lipinski definition) is 1. The molecule has 3 heterocycles. The molecular weight excluding hydrogens is 316 g/mol. The average Bonchev–Trinajstić information content (AvgIpc) is 3.20. The van der Waals surface area contributed by atoms with Gasteiger partial charge in [0.15, 0.2) is 0 Å². The molecule has 1 aliphatic heterocycles. The van der Waals surface area contributed by atoms with Gasteiger partial charge in [0.05, 0.1) is 11.3 Å². The van der Waals surface area contributed by atoms with Crippen molar-refractivity contribution in [3.63, 3.8) is 0 Å². The molecule has 0 saturated carbocycles. The highest BCUT2D eigenvalue weighted by atomic mass is 16.2. The molecule has 0 aromatic carbocycles. The number of carbonyl (C=O) groups excluding carboxylic acids is 1. The molecule has 1 amide bonds. The van der Waals surface area contributed by atoms with Crippen molar-refractivity contribution in [2.24, 2.45) is 11.7 Å². The second-order valence-electron chi connectivity index (χ2n) is 7.12. The molecule has 2 aromatic heterocycles. The number of amides is 1. The van der Waals surface area contributed by atoms with Crippen LogP contribution in [0.5, 0.6) is 0 Å². The third kappa shape index (κ3) is 3.56. The van der Waals surface area contributed by atoms with Crippen LogP contribution in [-0.4, -0.2) is 50.2 Å². The lowest BCUT2D eigenvalue weighted by Gasteiger charge is -2.16. The van der Waals surface area contributed by atoms with E-state index in [1.165, 1.54) is 0 Å². The van der Waals surface area contributed by atoms with Crippen LogP contribution in [0.3, 0.4) is 0 Å². The minimum atomic E-state index is 0.0234. The van der Waals surface area contributed by atoms with Gasteiger partial charge in [0.2, 0.25) is 0 Å². The van der Waals surface area contributed by atoms with E-state index < -0.39 is 0 Å². The summed E-state index contributed by atoms with van der Waals surface area (Å²) in [4.78, 5) is 23.8. The molecule has 7 nitrogen and oxygen atoms in total. The van der Waals surface area contributed by atoms with E-state index in [1.54, 1.807) is 10.9 Å². The summed E-state index contributed by atoms with van der Waals surface area (Å²) in [5.41, 5.74) is 8.92. The first-order valence-electron chi connectivity index (χ1n) is 8.80. The Balaban J connectivity index is 1.96. The number of carbonyl (C=O) groups is 1. The van der Waals surface area contributed by atoms with Gasteiger partial charge in [-0.25, -0.2) is 14.6 Å². The number of nitrogens with two attached hydrogens (primary N) is 1. The first-order chi connectivity index (χ1) is 11.9. The zero-order chi connectivity index (χ0) is 18.1. The van der Waals surface area contributed by atoms with E-state index in [-0.39, 0.29) is 11.8 Å². The second-order valence-corrected chi connectivity index (χ2v) is 7.12. The molecule has 134 valence electrons. The monoisotopic (exact) mass is 342 g/mol. The molecule has 3 rings (SSSR count). The van der Waals surface area contributed by atoms with Crippen LogP contribution in [0.4, 0.5) is 0 Å². The summed E-state index contributed by atoms with van der Waals surface area (Å²) in [5, 5.41) is 4.61. The first kappa shape index (κ1) is 17.5. The van der Waals surface area contributed by atoms with Crippen molar-refractivity contribution in [1.82, 2.24) is 24.6 Å². The van der Waals surface area contributed by atoms with Crippen LogP contribution in [0.2, 0.25) is 0 Å². The van der Waals surface area contributed by atoms with E-state index in [1.807, 2.05) is 38.7 Å². The Morgan fingerprint density at radius 1 is 1.32 bits per heavy atom. The van der Waals surface area contributed by atoms with Crippen molar-refractivity contribution >= 4 is 5.91 Å². The molecule has 0 spiro atoms. The largest absolute Gasteiger partial charge is 0.338 e. The predicted octanol–water partition coefficient (Wildman–Crippen LogP) is 1.82. The number of rotatable bonds is 4. The molecule has 0 aliphatic carbocycles. The molecular formula is C18H26N6O.